The van der Waals surface area contributed by atoms with Crippen molar-refractivity contribution in [2.75, 3.05) is 6.54 Å². The lowest BCUT2D eigenvalue weighted by atomic mass is 9.96. The van der Waals surface area contributed by atoms with Gasteiger partial charge >= 0.3 is 5.97 Å². The Balaban J connectivity index is 1.62. The van der Waals surface area contributed by atoms with Crippen molar-refractivity contribution in [2.24, 2.45) is 5.73 Å². The van der Waals surface area contributed by atoms with E-state index in [1.807, 2.05) is 61.5 Å². The molecule has 0 saturated heterocycles. The Morgan fingerprint density at radius 2 is 1.74 bits per heavy atom. The van der Waals surface area contributed by atoms with E-state index < -0.39 is 23.7 Å². The molecule has 0 radical (unpaired) electrons. The third-order valence-corrected chi connectivity index (χ3v) is 4.88. The Morgan fingerprint density at radius 1 is 1.03 bits per heavy atom. The van der Waals surface area contributed by atoms with Crippen molar-refractivity contribution in [3.05, 3.63) is 95.3 Å². The molecule has 0 spiro atoms. The fourth-order valence-electron chi connectivity index (χ4n) is 3.21. The highest BCUT2D eigenvalue weighted by Gasteiger charge is 2.18. The number of aryl methyl sites for hydroxylation is 1. The largest absolute Gasteiger partial charge is 0.460 e. The van der Waals surface area contributed by atoms with Crippen LogP contribution in [0.15, 0.2) is 72.8 Å². The molecule has 3 rings (SSSR count). The number of benzene rings is 3. The molecule has 31 heavy (non-hydrogen) atoms. The third kappa shape index (κ3) is 5.99. The minimum absolute atomic E-state index is 0.103. The highest BCUT2D eigenvalue weighted by Crippen LogP contribution is 2.26. The maximum atomic E-state index is 14.2. The van der Waals surface area contributed by atoms with Gasteiger partial charge in [0.25, 0.3) is 5.91 Å². The van der Waals surface area contributed by atoms with Gasteiger partial charge in [0, 0.05) is 12.1 Å². The smallest absolute Gasteiger partial charge is 0.325 e. The molecule has 3 aromatic rings. The number of nitrogens with two attached hydrogens (primary N) is 1. The van der Waals surface area contributed by atoms with Crippen molar-refractivity contribution in [3.63, 3.8) is 0 Å². The van der Waals surface area contributed by atoms with Crippen LogP contribution in [0.4, 0.5) is 4.39 Å². The second-order valence-electron chi connectivity index (χ2n) is 7.15. The summed E-state index contributed by atoms with van der Waals surface area (Å²) in [6, 6.07) is 20.0. The second-order valence-corrected chi connectivity index (χ2v) is 7.15. The summed E-state index contributed by atoms with van der Waals surface area (Å²) in [5.74, 6) is -1.65. The van der Waals surface area contributed by atoms with Gasteiger partial charge in [0.2, 0.25) is 0 Å². The standard InChI is InChI=1S/C25H25FN2O3/c1-2-18-10-6-7-11-22(18)19-12-20(14-21(26)13-19)24(29)28-15-23(27)25(30)31-16-17-8-4-3-5-9-17/h3-14,23H,2,15-16,27H2,1H3,(H,28,29)/t23-/m1/s1. The van der Waals surface area contributed by atoms with Crippen LogP contribution in [0.2, 0.25) is 0 Å². The first-order chi connectivity index (χ1) is 15.0. The average Bonchev–Trinajstić information content (AvgIpc) is 2.80. The molecule has 1 amide bonds. The zero-order valence-corrected chi connectivity index (χ0v) is 17.3. The van der Waals surface area contributed by atoms with Gasteiger partial charge in [0.1, 0.15) is 18.5 Å². The first-order valence-corrected chi connectivity index (χ1v) is 10.1. The molecule has 0 unspecified atom stereocenters. The number of esters is 1. The summed E-state index contributed by atoms with van der Waals surface area (Å²) < 4.78 is 19.4. The second kappa shape index (κ2) is 10.5. The van der Waals surface area contributed by atoms with Crippen LogP contribution in [-0.2, 0) is 22.6 Å². The van der Waals surface area contributed by atoms with Gasteiger partial charge in [-0.15, -0.1) is 0 Å². The summed E-state index contributed by atoms with van der Waals surface area (Å²) in [6.45, 7) is 2.00. The molecule has 3 aromatic carbocycles. The van der Waals surface area contributed by atoms with Gasteiger partial charge in [-0.1, -0.05) is 61.5 Å². The number of carbonyl (C=O) groups is 2. The first-order valence-electron chi connectivity index (χ1n) is 10.1. The number of rotatable bonds is 8. The minimum Gasteiger partial charge on any atom is -0.460 e. The fraction of sp³-hybridized carbons (Fsp3) is 0.200. The van der Waals surface area contributed by atoms with Crippen molar-refractivity contribution in [1.82, 2.24) is 5.32 Å². The van der Waals surface area contributed by atoms with E-state index in [1.165, 1.54) is 6.07 Å². The van der Waals surface area contributed by atoms with E-state index in [4.69, 9.17) is 10.5 Å². The van der Waals surface area contributed by atoms with Crippen molar-refractivity contribution in [3.8, 4) is 11.1 Å². The van der Waals surface area contributed by atoms with Gasteiger partial charge in [-0.3, -0.25) is 9.59 Å². The summed E-state index contributed by atoms with van der Waals surface area (Å²) in [5, 5.41) is 2.58. The van der Waals surface area contributed by atoms with Crippen molar-refractivity contribution < 1.29 is 18.7 Å². The molecule has 1 atom stereocenters. The lowest BCUT2D eigenvalue weighted by molar-refractivity contribution is -0.146. The van der Waals surface area contributed by atoms with Crippen molar-refractivity contribution >= 4 is 11.9 Å². The van der Waals surface area contributed by atoms with E-state index in [-0.39, 0.29) is 18.7 Å². The average molecular weight is 420 g/mol. The van der Waals surface area contributed by atoms with Crippen LogP contribution >= 0.6 is 0 Å². The molecular weight excluding hydrogens is 395 g/mol. The molecule has 0 saturated carbocycles. The molecule has 5 nitrogen and oxygen atoms in total. The number of amides is 1. The number of hydrogen-bond acceptors (Lipinski definition) is 4. The van der Waals surface area contributed by atoms with E-state index in [2.05, 4.69) is 5.32 Å². The Morgan fingerprint density at radius 3 is 2.48 bits per heavy atom. The highest BCUT2D eigenvalue weighted by atomic mass is 19.1. The van der Waals surface area contributed by atoms with Crippen molar-refractivity contribution in [1.29, 1.82) is 0 Å². The lowest BCUT2D eigenvalue weighted by Gasteiger charge is -2.14. The zero-order chi connectivity index (χ0) is 22.2. The molecule has 0 heterocycles. The molecule has 0 bridgehead atoms. The quantitative estimate of drug-likeness (QED) is 0.543. The normalized spacial score (nSPS) is 11.6. The highest BCUT2D eigenvalue weighted by molar-refractivity contribution is 5.96. The van der Waals surface area contributed by atoms with Crippen LogP contribution in [0, 0.1) is 5.82 Å². The number of hydrogen-bond donors (Lipinski definition) is 2. The first kappa shape index (κ1) is 22.2. The molecule has 0 fully saturated rings. The van der Waals surface area contributed by atoms with Gasteiger partial charge < -0.3 is 15.8 Å². The summed E-state index contributed by atoms with van der Waals surface area (Å²) in [4.78, 5) is 24.6. The summed E-state index contributed by atoms with van der Waals surface area (Å²) in [6.07, 6.45) is 0.786. The maximum Gasteiger partial charge on any atom is 0.325 e. The SMILES string of the molecule is CCc1ccccc1-c1cc(F)cc(C(=O)NC[C@@H](N)C(=O)OCc2ccccc2)c1. The molecule has 0 aliphatic carbocycles. The van der Waals surface area contributed by atoms with Gasteiger partial charge in [-0.05, 0) is 46.9 Å². The van der Waals surface area contributed by atoms with Crippen molar-refractivity contribution in [2.45, 2.75) is 26.0 Å². The van der Waals surface area contributed by atoms with Crippen LogP contribution in [0.5, 0.6) is 0 Å². The fourth-order valence-corrected chi connectivity index (χ4v) is 3.21. The minimum atomic E-state index is -1.03. The Bertz CT molecular complexity index is 1050. The number of ether oxygens (including phenoxy) is 1. The molecule has 6 heteroatoms. The molecular formula is C25H25FN2O3. The third-order valence-electron chi connectivity index (χ3n) is 4.88. The topological polar surface area (TPSA) is 81.4 Å². The Kier molecular flexibility index (Phi) is 7.51. The van der Waals surface area contributed by atoms with E-state index >= 15 is 0 Å². The van der Waals surface area contributed by atoms with Crippen LogP contribution in [0.3, 0.4) is 0 Å². The number of halogens is 1. The van der Waals surface area contributed by atoms with Gasteiger partial charge in [-0.2, -0.15) is 0 Å². The van der Waals surface area contributed by atoms with E-state index in [0.717, 1.165) is 29.2 Å². The molecule has 0 aliphatic heterocycles. The van der Waals surface area contributed by atoms with Gasteiger partial charge in [-0.25, -0.2) is 4.39 Å². The molecule has 0 aromatic heterocycles. The molecule has 0 aliphatic rings. The zero-order valence-electron chi connectivity index (χ0n) is 17.3. The molecule has 160 valence electrons. The monoisotopic (exact) mass is 420 g/mol. The van der Waals surface area contributed by atoms with Crippen LogP contribution in [0.25, 0.3) is 11.1 Å². The van der Waals surface area contributed by atoms with Gasteiger partial charge in [0.05, 0.1) is 0 Å². The van der Waals surface area contributed by atoms with Gasteiger partial charge in [0.15, 0.2) is 0 Å². The van der Waals surface area contributed by atoms with E-state index in [0.29, 0.717) is 5.56 Å². The molecule has 3 N–H and O–H groups in total. The number of nitrogens with one attached hydrogen (secondary N) is 1. The predicted molar refractivity (Wildman–Crippen MR) is 118 cm³/mol. The van der Waals surface area contributed by atoms with E-state index in [9.17, 15) is 14.0 Å². The Hall–Kier alpha value is -3.51. The summed E-state index contributed by atoms with van der Waals surface area (Å²) in [7, 11) is 0. The predicted octanol–water partition coefficient (Wildman–Crippen LogP) is 3.86. The van der Waals surface area contributed by atoms with Crippen LogP contribution in [-0.4, -0.2) is 24.5 Å². The number of carbonyl (C=O) groups excluding carboxylic acids is 2. The maximum absolute atomic E-state index is 14.2. The van der Waals surface area contributed by atoms with E-state index in [1.54, 1.807) is 6.07 Å². The summed E-state index contributed by atoms with van der Waals surface area (Å²) in [5.41, 5.74) is 9.38. The Labute approximate surface area is 181 Å². The van der Waals surface area contributed by atoms with Crippen LogP contribution < -0.4 is 11.1 Å². The lowest BCUT2D eigenvalue weighted by Crippen LogP contribution is -2.43. The summed E-state index contributed by atoms with van der Waals surface area (Å²) >= 11 is 0. The van der Waals surface area contributed by atoms with Crippen LogP contribution in [0.1, 0.15) is 28.4 Å².